The van der Waals surface area contributed by atoms with Gasteiger partial charge in [0.25, 0.3) is 0 Å². The number of nitriles is 1. The minimum absolute atomic E-state index is 0.106. The van der Waals surface area contributed by atoms with Gasteiger partial charge in [-0.3, -0.25) is 0 Å². The monoisotopic (exact) mass is 227 g/mol. The molecule has 17 heavy (non-hydrogen) atoms. The number of hydrogen-bond acceptors (Lipinski definition) is 2. The summed E-state index contributed by atoms with van der Waals surface area (Å²) >= 11 is 0. The zero-order chi connectivity index (χ0) is 12.3. The molecule has 3 heteroatoms. The number of fused-ring (bicyclic) bond motifs is 1. The van der Waals surface area contributed by atoms with Crippen LogP contribution in [-0.2, 0) is 13.5 Å². The van der Waals surface area contributed by atoms with E-state index in [9.17, 15) is 0 Å². The van der Waals surface area contributed by atoms with Gasteiger partial charge in [0.2, 0.25) is 0 Å². The SMILES string of the molecule is CCNC(C#N)Cc1cn(C)c2ccccc12. The molecule has 1 aromatic carbocycles. The molecule has 0 fully saturated rings. The summed E-state index contributed by atoms with van der Waals surface area (Å²) in [6.45, 7) is 2.84. The van der Waals surface area contributed by atoms with Crippen LogP contribution in [0, 0.1) is 11.3 Å². The van der Waals surface area contributed by atoms with Crippen molar-refractivity contribution >= 4 is 10.9 Å². The van der Waals surface area contributed by atoms with Crippen LogP contribution in [0.4, 0.5) is 0 Å². The van der Waals surface area contributed by atoms with Gasteiger partial charge >= 0.3 is 0 Å². The molecular formula is C14H17N3. The summed E-state index contributed by atoms with van der Waals surface area (Å²) in [4.78, 5) is 0. The van der Waals surface area contributed by atoms with Crippen molar-refractivity contribution in [2.75, 3.05) is 6.54 Å². The van der Waals surface area contributed by atoms with Crippen molar-refractivity contribution in [2.24, 2.45) is 7.05 Å². The van der Waals surface area contributed by atoms with Gasteiger partial charge in [-0.1, -0.05) is 25.1 Å². The zero-order valence-electron chi connectivity index (χ0n) is 10.3. The Hall–Kier alpha value is -1.79. The van der Waals surface area contributed by atoms with E-state index in [2.05, 4.69) is 34.3 Å². The van der Waals surface area contributed by atoms with Crippen molar-refractivity contribution < 1.29 is 0 Å². The van der Waals surface area contributed by atoms with Crippen molar-refractivity contribution in [1.82, 2.24) is 9.88 Å². The number of para-hydroxylation sites is 1. The standard InChI is InChI=1S/C14H17N3/c1-3-16-12(9-15)8-11-10-17(2)14-7-5-4-6-13(11)14/h4-7,10,12,16H,3,8H2,1-2H3. The van der Waals surface area contributed by atoms with Gasteiger partial charge in [0.05, 0.1) is 12.1 Å². The Morgan fingerprint density at radius 1 is 1.41 bits per heavy atom. The van der Waals surface area contributed by atoms with Gasteiger partial charge in [0.1, 0.15) is 0 Å². The molecule has 0 bridgehead atoms. The first-order valence-corrected chi connectivity index (χ1v) is 5.92. The summed E-state index contributed by atoms with van der Waals surface area (Å²) in [7, 11) is 2.04. The minimum atomic E-state index is -0.106. The number of aromatic nitrogens is 1. The average Bonchev–Trinajstić information content (AvgIpc) is 2.66. The second-order valence-corrected chi connectivity index (χ2v) is 4.23. The molecule has 1 aromatic heterocycles. The van der Waals surface area contributed by atoms with Crippen LogP contribution in [0.15, 0.2) is 30.5 Å². The Morgan fingerprint density at radius 2 is 2.18 bits per heavy atom. The number of nitrogens with zero attached hydrogens (tertiary/aromatic N) is 2. The second kappa shape index (κ2) is 5.03. The quantitative estimate of drug-likeness (QED) is 0.870. The molecule has 0 saturated heterocycles. The van der Waals surface area contributed by atoms with E-state index < -0.39 is 0 Å². The molecule has 1 atom stereocenters. The number of hydrogen-bond donors (Lipinski definition) is 1. The van der Waals surface area contributed by atoms with Crippen molar-refractivity contribution in [2.45, 2.75) is 19.4 Å². The van der Waals surface area contributed by atoms with E-state index >= 15 is 0 Å². The van der Waals surface area contributed by atoms with E-state index in [1.165, 1.54) is 16.5 Å². The van der Waals surface area contributed by atoms with Gasteiger partial charge in [-0.2, -0.15) is 5.26 Å². The second-order valence-electron chi connectivity index (χ2n) is 4.23. The third-order valence-corrected chi connectivity index (χ3v) is 3.01. The lowest BCUT2D eigenvalue weighted by atomic mass is 10.1. The Bertz CT molecular complexity index is 548. The molecule has 0 aliphatic carbocycles. The molecule has 0 saturated carbocycles. The van der Waals surface area contributed by atoms with Gasteiger partial charge in [-0.15, -0.1) is 0 Å². The topological polar surface area (TPSA) is 40.8 Å². The van der Waals surface area contributed by atoms with Crippen LogP contribution in [0.3, 0.4) is 0 Å². The van der Waals surface area contributed by atoms with Crippen molar-refractivity contribution in [3.05, 3.63) is 36.0 Å². The molecule has 88 valence electrons. The molecule has 1 unspecified atom stereocenters. The fourth-order valence-corrected chi connectivity index (χ4v) is 2.22. The van der Waals surface area contributed by atoms with Crippen LogP contribution in [0.2, 0.25) is 0 Å². The zero-order valence-corrected chi connectivity index (χ0v) is 10.3. The van der Waals surface area contributed by atoms with Crippen LogP contribution in [0.25, 0.3) is 10.9 Å². The highest BCUT2D eigenvalue weighted by molar-refractivity contribution is 5.83. The number of likely N-dealkylation sites (N-methyl/N-ethyl adjacent to an activating group) is 1. The van der Waals surface area contributed by atoms with Crippen LogP contribution in [0.1, 0.15) is 12.5 Å². The molecule has 1 heterocycles. The van der Waals surface area contributed by atoms with E-state index in [1.807, 2.05) is 26.1 Å². The van der Waals surface area contributed by atoms with Crippen molar-refractivity contribution in [3.8, 4) is 6.07 Å². The molecule has 0 radical (unpaired) electrons. The summed E-state index contributed by atoms with van der Waals surface area (Å²) in [6, 6.07) is 10.5. The summed E-state index contributed by atoms with van der Waals surface area (Å²) in [5, 5.41) is 13.5. The molecule has 0 aliphatic heterocycles. The van der Waals surface area contributed by atoms with Crippen LogP contribution in [-0.4, -0.2) is 17.2 Å². The number of rotatable bonds is 4. The maximum absolute atomic E-state index is 9.08. The first kappa shape index (κ1) is 11.7. The van der Waals surface area contributed by atoms with E-state index in [4.69, 9.17) is 5.26 Å². The average molecular weight is 227 g/mol. The predicted molar refractivity (Wildman–Crippen MR) is 69.7 cm³/mol. The highest BCUT2D eigenvalue weighted by Crippen LogP contribution is 2.21. The number of benzene rings is 1. The largest absolute Gasteiger partial charge is 0.350 e. The number of aryl methyl sites for hydroxylation is 1. The third kappa shape index (κ3) is 2.32. The highest BCUT2D eigenvalue weighted by Gasteiger charge is 2.11. The predicted octanol–water partition coefficient (Wildman–Crippen LogP) is 2.22. The summed E-state index contributed by atoms with van der Waals surface area (Å²) in [5.74, 6) is 0. The molecular weight excluding hydrogens is 210 g/mol. The molecule has 0 spiro atoms. The van der Waals surface area contributed by atoms with E-state index in [0.29, 0.717) is 0 Å². The van der Waals surface area contributed by atoms with E-state index in [-0.39, 0.29) is 6.04 Å². The normalized spacial score (nSPS) is 12.5. The first-order chi connectivity index (χ1) is 8.26. The van der Waals surface area contributed by atoms with Gasteiger partial charge in [-0.25, -0.2) is 0 Å². The fraction of sp³-hybridized carbons (Fsp3) is 0.357. The lowest BCUT2D eigenvalue weighted by Crippen LogP contribution is -2.29. The van der Waals surface area contributed by atoms with Gasteiger partial charge in [-0.05, 0) is 18.2 Å². The fourth-order valence-electron chi connectivity index (χ4n) is 2.22. The third-order valence-electron chi connectivity index (χ3n) is 3.01. The number of nitrogens with one attached hydrogen (secondary N) is 1. The molecule has 0 amide bonds. The van der Waals surface area contributed by atoms with Crippen LogP contribution < -0.4 is 5.32 Å². The maximum atomic E-state index is 9.08. The van der Waals surface area contributed by atoms with Crippen LogP contribution >= 0.6 is 0 Å². The smallest absolute Gasteiger partial charge is 0.0994 e. The lowest BCUT2D eigenvalue weighted by Gasteiger charge is -2.08. The molecule has 1 N–H and O–H groups in total. The Morgan fingerprint density at radius 3 is 2.88 bits per heavy atom. The molecule has 2 rings (SSSR count). The maximum Gasteiger partial charge on any atom is 0.0994 e. The Balaban J connectivity index is 2.33. The molecule has 2 aromatic rings. The first-order valence-electron chi connectivity index (χ1n) is 5.92. The summed E-state index contributed by atoms with van der Waals surface area (Å²) < 4.78 is 2.12. The summed E-state index contributed by atoms with van der Waals surface area (Å²) in [6.07, 6.45) is 2.87. The van der Waals surface area contributed by atoms with Gasteiger partial charge < -0.3 is 9.88 Å². The summed E-state index contributed by atoms with van der Waals surface area (Å²) in [5.41, 5.74) is 2.45. The van der Waals surface area contributed by atoms with Gasteiger partial charge in [0.15, 0.2) is 0 Å². The molecule has 3 nitrogen and oxygen atoms in total. The molecule has 0 aliphatic rings. The van der Waals surface area contributed by atoms with Crippen molar-refractivity contribution in [1.29, 1.82) is 5.26 Å². The Labute approximate surface area is 102 Å². The lowest BCUT2D eigenvalue weighted by molar-refractivity contribution is 0.623. The van der Waals surface area contributed by atoms with Crippen molar-refractivity contribution in [3.63, 3.8) is 0 Å². The van der Waals surface area contributed by atoms with E-state index in [1.54, 1.807) is 0 Å². The Kier molecular flexibility index (Phi) is 3.46. The minimum Gasteiger partial charge on any atom is -0.350 e. The van der Waals surface area contributed by atoms with Crippen LogP contribution in [0.5, 0.6) is 0 Å². The van der Waals surface area contributed by atoms with E-state index in [0.717, 1.165) is 13.0 Å². The van der Waals surface area contributed by atoms with Gasteiger partial charge in [0, 0.05) is 30.6 Å². The highest BCUT2D eigenvalue weighted by atomic mass is 14.9.